The van der Waals surface area contributed by atoms with Gasteiger partial charge in [0.15, 0.2) is 0 Å². The van der Waals surface area contributed by atoms with Gasteiger partial charge >= 0.3 is 0 Å². The minimum atomic E-state index is -0.791. The van der Waals surface area contributed by atoms with Crippen LogP contribution in [0.25, 0.3) is 12.2 Å². The molecular formula is C25H25N3O5S. The first-order valence-corrected chi connectivity index (χ1v) is 11.4. The number of benzene rings is 2. The highest BCUT2D eigenvalue weighted by Gasteiger charge is 2.34. The van der Waals surface area contributed by atoms with Crippen LogP contribution in [0.5, 0.6) is 5.75 Å². The van der Waals surface area contributed by atoms with E-state index in [1.807, 2.05) is 30.3 Å². The van der Waals surface area contributed by atoms with E-state index in [1.54, 1.807) is 50.5 Å². The number of imide groups is 1. The number of carbonyl (C=O) groups excluding carboxylic acids is 4. The molecule has 1 aliphatic heterocycles. The molecule has 8 nitrogen and oxygen atoms in total. The molecule has 0 aliphatic carbocycles. The van der Waals surface area contributed by atoms with Crippen molar-refractivity contribution in [2.45, 2.75) is 13.0 Å². The summed E-state index contributed by atoms with van der Waals surface area (Å²) in [6.45, 7) is 1.68. The SMILES string of the molecule is COc1ccc(/C=C/C(=O)N[C@@H](C)C(=O)NCCN2C(=O)S/C(=C/c3ccccc3)C2=O)cc1. The molecular weight excluding hydrogens is 454 g/mol. The number of hydrogen-bond acceptors (Lipinski definition) is 6. The Morgan fingerprint density at radius 3 is 2.44 bits per heavy atom. The van der Waals surface area contributed by atoms with Gasteiger partial charge in [-0.1, -0.05) is 42.5 Å². The molecule has 1 fully saturated rings. The minimum absolute atomic E-state index is 0.0422. The summed E-state index contributed by atoms with van der Waals surface area (Å²) in [5.74, 6) is -0.516. The largest absolute Gasteiger partial charge is 0.497 e. The predicted molar refractivity (Wildman–Crippen MR) is 132 cm³/mol. The van der Waals surface area contributed by atoms with Gasteiger partial charge in [-0.3, -0.25) is 24.1 Å². The smallest absolute Gasteiger partial charge is 0.293 e. The van der Waals surface area contributed by atoms with Crippen molar-refractivity contribution in [3.63, 3.8) is 0 Å². The Labute approximate surface area is 202 Å². The average Bonchev–Trinajstić information content (AvgIpc) is 3.10. The lowest BCUT2D eigenvalue weighted by atomic mass is 10.2. The number of nitrogens with zero attached hydrogens (tertiary/aromatic N) is 1. The molecule has 1 aliphatic rings. The van der Waals surface area contributed by atoms with Crippen molar-refractivity contribution < 1.29 is 23.9 Å². The maximum absolute atomic E-state index is 12.5. The quantitative estimate of drug-likeness (QED) is 0.536. The van der Waals surface area contributed by atoms with E-state index in [9.17, 15) is 19.2 Å². The van der Waals surface area contributed by atoms with Crippen LogP contribution in [0.4, 0.5) is 4.79 Å². The number of carbonyl (C=O) groups is 4. The summed E-state index contributed by atoms with van der Waals surface area (Å²) in [5, 5.41) is 4.84. The molecule has 9 heteroatoms. The molecule has 0 spiro atoms. The second-order valence-corrected chi connectivity index (χ2v) is 8.37. The standard InChI is InChI=1S/C25H25N3O5S/c1-17(27-22(29)13-10-18-8-11-20(33-2)12-9-18)23(30)26-14-15-28-24(31)21(34-25(28)32)16-19-6-4-3-5-7-19/h3-13,16-17H,14-15H2,1-2H3,(H,26,30)(H,27,29)/b13-10+,21-16+/t17-/m0/s1. The van der Waals surface area contributed by atoms with Gasteiger partial charge in [-0.2, -0.15) is 0 Å². The third kappa shape index (κ3) is 6.82. The molecule has 1 heterocycles. The van der Waals surface area contributed by atoms with Gasteiger partial charge in [0.25, 0.3) is 11.1 Å². The summed E-state index contributed by atoms with van der Waals surface area (Å²) in [7, 11) is 1.57. The number of thioether (sulfide) groups is 1. The number of ether oxygens (including phenoxy) is 1. The van der Waals surface area contributed by atoms with Crippen molar-refractivity contribution in [1.29, 1.82) is 0 Å². The Balaban J connectivity index is 1.44. The zero-order valence-electron chi connectivity index (χ0n) is 18.8. The first-order valence-electron chi connectivity index (χ1n) is 10.6. The van der Waals surface area contributed by atoms with Gasteiger partial charge in [0, 0.05) is 19.2 Å². The fraction of sp³-hybridized carbons (Fsp3) is 0.200. The molecule has 0 bridgehead atoms. The van der Waals surface area contributed by atoms with E-state index in [0.29, 0.717) is 10.7 Å². The summed E-state index contributed by atoms with van der Waals surface area (Å²) in [6.07, 6.45) is 4.63. The fourth-order valence-corrected chi connectivity index (χ4v) is 3.92. The van der Waals surface area contributed by atoms with Gasteiger partial charge in [0.2, 0.25) is 11.8 Å². The van der Waals surface area contributed by atoms with Crippen LogP contribution in [0.15, 0.2) is 65.6 Å². The Morgan fingerprint density at radius 1 is 1.06 bits per heavy atom. The summed E-state index contributed by atoms with van der Waals surface area (Å²) in [5.41, 5.74) is 1.64. The highest BCUT2D eigenvalue weighted by atomic mass is 32.2. The van der Waals surface area contributed by atoms with E-state index in [0.717, 1.165) is 27.8 Å². The summed E-state index contributed by atoms with van der Waals surface area (Å²) in [6, 6.07) is 15.6. The van der Waals surface area contributed by atoms with Crippen molar-refractivity contribution >= 4 is 46.9 Å². The van der Waals surface area contributed by atoms with Crippen molar-refractivity contribution in [3.05, 3.63) is 76.7 Å². The van der Waals surface area contributed by atoms with Crippen LogP contribution in [0.1, 0.15) is 18.1 Å². The van der Waals surface area contributed by atoms with Crippen LogP contribution < -0.4 is 15.4 Å². The molecule has 0 saturated carbocycles. The first kappa shape index (κ1) is 24.8. The second-order valence-electron chi connectivity index (χ2n) is 7.37. The Morgan fingerprint density at radius 2 is 1.76 bits per heavy atom. The van der Waals surface area contributed by atoms with Crippen LogP contribution in [-0.2, 0) is 14.4 Å². The second kappa shape index (κ2) is 11.9. The molecule has 1 atom stereocenters. The predicted octanol–water partition coefficient (Wildman–Crippen LogP) is 3.07. The molecule has 1 saturated heterocycles. The molecule has 0 aromatic heterocycles. The van der Waals surface area contributed by atoms with E-state index in [2.05, 4.69) is 10.6 Å². The van der Waals surface area contributed by atoms with Crippen LogP contribution in [0.2, 0.25) is 0 Å². The van der Waals surface area contributed by atoms with E-state index in [-0.39, 0.29) is 18.3 Å². The zero-order chi connectivity index (χ0) is 24.5. The lowest BCUT2D eigenvalue weighted by molar-refractivity contribution is -0.127. The molecule has 2 aromatic carbocycles. The summed E-state index contributed by atoms with van der Waals surface area (Å²) < 4.78 is 5.09. The molecule has 2 aromatic rings. The molecule has 2 N–H and O–H groups in total. The molecule has 0 unspecified atom stereocenters. The molecule has 176 valence electrons. The Bertz CT molecular complexity index is 1110. The lowest BCUT2D eigenvalue weighted by Gasteiger charge is -2.16. The van der Waals surface area contributed by atoms with Gasteiger partial charge < -0.3 is 15.4 Å². The molecule has 3 rings (SSSR count). The van der Waals surface area contributed by atoms with Crippen molar-refractivity contribution in [2.24, 2.45) is 0 Å². The maximum Gasteiger partial charge on any atom is 0.293 e. The van der Waals surface area contributed by atoms with E-state index in [4.69, 9.17) is 4.74 Å². The number of methoxy groups -OCH3 is 1. The van der Waals surface area contributed by atoms with Gasteiger partial charge in [-0.15, -0.1) is 0 Å². The van der Waals surface area contributed by atoms with Crippen LogP contribution >= 0.6 is 11.8 Å². The Hall–Kier alpha value is -3.85. The molecule has 34 heavy (non-hydrogen) atoms. The van der Waals surface area contributed by atoms with Crippen LogP contribution in [0, 0.1) is 0 Å². The van der Waals surface area contributed by atoms with E-state index >= 15 is 0 Å². The van der Waals surface area contributed by atoms with E-state index < -0.39 is 23.8 Å². The van der Waals surface area contributed by atoms with Crippen LogP contribution in [-0.4, -0.2) is 54.1 Å². The third-order valence-corrected chi connectivity index (χ3v) is 5.81. The number of hydrogen-bond donors (Lipinski definition) is 2. The topological polar surface area (TPSA) is 105 Å². The van der Waals surface area contributed by atoms with Gasteiger partial charge in [-0.25, -0.2) is 0 Å². The van der Waals surface area contributed by atoms with Gasteiger partial charge in [0.1, 0.15) is 11.8 Å². The minimum Gasteiger partial charge on any atom is -0.497 e. The number of rotatable bonds is 9. The van der Waals surface area contributed by atoms with Gasteiger partial charge in [0.05, 0.1) is 12.0 Å². The highest BCUT2D eigenvalue weighted by molar-refractivity contribution is 8.18. The number of nitrogens with one attached hydrogen (secondary N) is 2. The monoisotopic (exact) mass is 479 g/mol. The van der Waals surface area contributed by atoms with Crippen molar-refractivity contribution in [1.82, 2.24) is 15.5 Å². The van der Waals surface area contributed by atoms with Gasteiger partial charge in [-0.05, 0) is 54.1 Å². The third-order valence-electron chi connectivity index (χ3n) is 4.90. The molecule has 0 radical (unpaired) electrons. The highest BCUT2D eigenvalue weighted by Crippen LogP contribution is 2.31. The normalized spacial score (nSPS) is 15.6. The first-order chi connectivity index (χ1) is 16.4. The fourth-order valence-electron chi connectivity index (χ4n) is 3.05. The van der Waals surface area contributed by atoms with Crippen molar-refractivity contribution in [3.8, 4) is 5.75 Å². The van der Waals surface area contributed by atoms with Crippen LogP contribution in [0.3, 0.4) is 0 Å². The average molecular weight is 480 g/mol. The lowest BCUT2D eigenvalue weighted by Crippen LogP contribution is -2.46. The number of amides is 4. The van der Waals surface area contributed by atoms with E-state index in [1.165, 1.54) is 6.08 Å². The molecule has 4 amide bonds. The summed E-state index contributed by atoms with van der Waals surface area (Å²) in [4.78, 5) is 50.6. The van der Waals surface area contributed by atoms with Crippen molar-refractivity contribution in [2.75, 3.05) is 20.2 Å². The summed E-state index contributed by atoms with van der Waals surface area (Å²) >= 11 is 0.870. The zero-order valence-corrected chi connectivity index (χ0v) is 19.6. The maximum atomic E-state index is 12.5. The Kier molecular flexibility index (Phi) is 8.64.